The number of carbonyl (C=O) groups is 2. The summed E-state index contributed by atoms with van der Waals surface area (Å²) in [4.78, 5) is 41.7. The molecule has 0 spiro atoms. The maximum absolute atomic E-state index is 13.3. The van der Waals surface area contributed by atoms with Crippen LogP contribution in [-0.4, -0.2) is 61.8 Å². The predicted octanol–water partition coefficient (Wildman–Crippen LogP) is 4.40. The number of amides is 1. The Kier molecular flexibility index (Phi) is 9.40. The molecule has 0 saturated carbocycles. The maximum Gasteiger partial charge on any atom is 0.345 e. The summed E-state index contributed by atoms with van der Waals surface area (Å²) >= 11 is 0. The number of H-pyrrole nitrogens is 1. The number of aromatic nitrogens is 1. The van der Waals surface area contributed by atoms with Crippen LogP contribution in [0.25, 0.3) is 10.9 Å². The number of aromatic hydroxyl groups is 1. The van der Waals surface area contributed by atoms with Crippen LogP contribution in [0.1, 0.15) is 63.0 Å². The number of phenolic OH excluding ortho intramolecular Hbond substituents is 1. The Balaban J connectivity index is 1.03. The zero-order valence-corrected chi connectivity index (χ0v) is 26.2. The number of nitrogens with one attached hydrogen (secondary N) is 2. The second kappa shape index (κ2) is 13.8. The summed E-state index contributed by atoms with van der Waals surface area (Å²) in [5.74, 6) is -1.34. The fourth-order valence-corrected chi connectivity index (χ4v) is 6.49. The Hall–Kier alpha value is -5.29. The molecule has 1 amide bonds. The minimum absolute atomic E-state index is 0.0567. The van der Waals surface area contributed by atoms with Crippen molar-refractivity contribution in [1.82, 2.24) is 15.2 Å². The zero-order chi connectivity index (χ0) is 33.8. The van der Waals surface area contributed by atoms with Crippen LogP contribution in [0.4, 0.5) is 0 Å². The van der Waals surface area contributed by atoms with Crippen molar-refractivity contribution in [3.05, 3.63) is 147 Å². The van der Waals surface area contributed by atoms with Crippen molar-refractivity contribution in [2.45, 2.75) is 37.0 Å². The number of phenols is 1. The molecule has 2 heterocycles. The number of pyridine rings is 1. The molecule has 2 unspecified atom stereocenters. The van der Waals surface area contributed by atoms with Gasteiger partial charge in [-0.3, -0.25) is 9.59 Å². The third-order valence-corrected chi connectivity index (χ3v) is 9.19. The van der Waals surface area contributed by atoms with Crippen molar-refractivity contribution in [3.8, 4) is 5.75 Å². The Bertz CT molecular complexity index is 1990. The molecule has 4 aromatic carbocycles. The third kappa shape index (κ3) is 6.59. The van der Waals surface area contributed by atoms with Gasteiger partial charge in [0.15, 0.2) is 0 Å². The highest BCUT2D eigenvalue weighted by Crippen LogP contribution is 2.35. The van der Waals surface area contributed by atoms with Crippen molar-refractivity contribution < 1.29 is 30.0 Å². The molecule has 6 N–H and O–H groups in total. The lowest BCUT2D eigenvalue weighted by Crippen LogP contribution is -2.38. The molecule has 48 heavy (non-hydrogen) atoms. The molecule has 2 atom stereocenters. The minimum Gasteiger partial charge on any atom is -0.506 e. The van der Waals surface area contributed by atoms with Gasteiger partial charge < -0.3 is 35.6 Å². The number of likely N-dealkylation sites (tertiary alicyclic amines) is 1. The first-order valence-electron chi connectivity index (χ1n) is 15.9. The number of hydrogen-bond donors (Lipinski definition) is 6. The van der Waals surface area contributed by atoms with Gasteiger partial charge in [-0.1, -0.05) is 72.8 Å². The van der Waals surface area contributed by atoms with Gasteiger partial charge in [0, 0.05) is 43.2 Å². The molecule has 5 aromatic rings. The highest BCUT2D eigenvalue weighted by Gasteiger charge is 2.40. The molecule has 0 bridgehead atoms. The minimum atomic E-state index is -2.17. The molecule has 6 rings (SSSR count). The summed E-state index contributed by atoms with van der Waals surface area (Å²) in [5, 5.41) is 46.0. The van der Waals surface area contributed by atoms with Crippen LogP contribution in [0.15, 0.2) is 108 Å². The molecule has 1 aliphatic rings. The summed E-state index contributed by atoms with van der Waals surface area (Å²) < 4.78 is 0. The molecule has 10 heteroatoms. The summed E-state index contributed by atoms with van der Waals surface area (Å²) in [6.07, 6.45) is 0.545. The van der Waals surface area contributed by atoms with E-state index >= 15 is 0 Å². The van der Waals surface area contributed by atoms with Gasteiger partial charge in [-0.2, -0.15) is 0 Å². The van der Waals surface area contributed by atoms with E-state index in [0.29, 0.717) is 54.6 Å². The van der Waals surface area contributed by atoms with Crippen LogP contribution >= 0.6 is 0 Å². The fourth-order valence-electron chi connectivity index (χ4n) is 6.49. The van der Waals surface area contributed by atoms with Crippen molar-refractivity contribution in [2.24, 2.45) is 0 Å². The monoisotopic (exact) mass is 647 g/mol. The Morgan fingerprint density at radius 1 is 0.896 bits per heavy atom. The summed E-state index contributed by atoms with van der Waals surface area (Å²) in [5.41, 5.74) is 1.40. The molecule has 10 nitrogen and oxygen atoms in total. The van der Waals surface area contributed by atoms with Gasteiger partial charge in [0.1, 0.15) is 5.75 Å². The third-order valence-electron chi connectivity index (χ3n) is 9.19. The lowest BCUT2D eigenvalue weighted by molar-refractivity contribution is -0.155. The van der Waals surface area contributed by atoms with E-state index in [1.54, 1.807) is 72.8 Å². The van der Waals surface area contributed by atoms with Gasteiger partial charge in [-0.25, -0.2) is 4.79 Å². The van der Waals surface area contributed by atoms with E-state index in [1.807, 2.05) is 23.1 Å². The molecule has 1 fully saturated rings. The average molecular weight is 648 g/mol. The normalized spacial score (nSPS) is 15.6. The second-order valence-electron chi connectivity index (χ2n) is 12.2. The number of aromatic amines is 1. The Labute approximate surface area is 276 Å². The first-order chi connectivity index (χ1) is 23.1. The average Bonchev–Trinajstić information content (AvgIpc) is 3.12. The van der Waals surface area contributed by atoms with E-state index in [9.17, 15) is 34.8 Å². The number of carboxylic acids is 1. The maximum atomic E-state index is 13.3. The van der Waals surface area contributed by atoms with Crippen LogP contribution in [0, 0.1) is 0 Å². The van der Waals surface area contributed by atoms with Crippen LogP contribution in [-0.2, 0) is 16.9 Å². The van der Waals surface area contributed by atoms with Gasteiger partial charge in [-0.15, -0.1) is 0 Å². The number of nitrogens with zero attached hydrogens (tertiary/aromatic N) is 1. The van der Waals surface area contributed by atoms with Crippen molar-refractivity contribution in [2.75, 3.05) is 19.6 Å². The molecule has 1 aliphatic heterocycles. The Morgan fingerprint density at radius 3 is 2.31 bits per heavy atom. The van der Waals surface area contributed by atoms with E-state index in [2.05, 4.69) is 10.3 Å². The summed E-state index contributed by atoms with van der Waals surface area (Å²) in [7, 11) is 0. The quantitative estimate of drug-likeness (QED) is 0.130. The zero-order valence-electron chi connectivity index (χ0n) is 26.2. The number of aliphatic hydroxyl groups is 2. The molecular weight excluding hydrogens is 610 g/mol. The topological polar surface area (TPSA) is 163 Å². The van der Waals surface area contributed by atoms with E-state index in [0.717, 1.165) is 11.1 Å². The molecule has 1 aromatic heterocycles. The molecule has 0 aliphatic carbocycles. The van der Waals surface area contributed by atoms with Crippen LogP contribution in [0.5, 0.6) is 5.75 Å². The van der Waals surface area contributed by atoms with Crippen LogP contribution in [0.3, 0.4) is 0 Å². The lowest BCUT2D eigenvalue weighted by Gasteiger charge is -2.33. The van der Waals surface area contributed by atoms with E-state index < -0.39 is 17.7 Å². The number of fused-ring (bicyclic) bond motifs is 1. The van der Waals surface area contributed by atoms with Gasteiger partial charge in [-0.05, 0) is 70.8 Å². The second-order valence-corrected chi connectivity index (χ2v) is 12.2. The Morgan fingerprint density at radius 2 is 1.60 bits per heavy atom. The standard InChI is InChI=1S/C38H37N3O7/c42-32-15-13-30(31-14-16-34(44)40-35(31)32)33(43)23-39-22-24-9-11-26(12-10-24)36(45)41-19-17-25(18-20-41)27-5-4-8-29(21-27)38(48,37(46)47)28-6-2-1-3-7-28/h1-16,21,25,33,39,42-43,48H,17-20,22-23H2,(H,40,44)(H,46,47). The van der Waals surface area contributed by atoms with Gasteiger partial charge in [0.05, 0.1) is 11.6 Å². The molecule has 1 saturated heterocycles. The number of carboxylic acid groups (broad SMARTS) is 1. The first-order valence-corrected chi connectivity index (χ1v) is 15.9. The fraction of sp³-hybridized carbons (Fsp3) is 0.237. The predicted molar refractivity (Wildman–Crippen MR) is 181 cm³/mol. The van der Waals surface area contributed by atoms with Gasteiger partial charge in [0.2, 0.25) is 11.2 Å². The lowest BCUT2D eigenvalue weighted by atomic mass is 9.82. The summed E-state index contributed by atoms with van der Waals surface area (Å²) in [6, 6.07) is 28.8. The van der Waals surface area contributed by atoms with Crippen molar-refractivity contribution in [1.29, 1.82) is 0 Å². The van der Waals surface area contributed by atoms with Gasteiger partial charge in [0.25, 0.3) is 5.91 Å². The largest absolute Gasteiger partial charge is 0.506 e. The number of benzene rings is 4. The number of aliphatic carboxylic acids is 1. The number of carbonyl (C=O) groups excluding carboxylic acids is 1. The van der Waals surface area contributed by atoms with Crippen molar-refractivity contribution in [3.63, 3.8) is 0 Å². The van der Waals surface area contributed by atoms with E-state index in [4.69, 9.17) is 0 Å². The highest BCUT2D eigenvalue weighted by molar-refractivity contribution is 5.94. The first kappa shape index (κ1) is 32.6. The molecular formula is C38H37N3O7. The molecule has 0 radical (unpaired) electrons. The molecule has 246 valence electrons. The highest BCUT2D eigenvalue weighted by atomic mass is 16.4. The van der Waals surface area contributed by atoms with Crippen LogP contribution in [0.2, 0.25) is 0 Å². The van der Waals surface area contributed by atoms with E-state index in [-0.39, 0.29) is 40.8 Å². The number of piperidine rings is 1. The number of hydrogen-bond acceptors (Lipinski definition) is 7. The van der Waals surface area contributed by atoms with Crippen molar-refractivity contribution >= 4 is 22.8 Å². The van der Waals surface area contributed by atoms with Gasteiger partial charge >= 0.3 is 5.97 Å². The number of rotatable bonds is 10. The number of aliphatic hydroxyl groups excluding tert-OH is 1. The van der Waals surface area contributed by atoms with Crippen LogP contribution < -0.4 is 10.9 Å². The SMILES string of the molecule is O=C(c1ccc(CNCC(O)c2ccc(O)c3[nH]c(=O)ccc23)cc1)N1CCC(c2cccc(C(O)(C(=O)O)c3ccccc3)c2)CC1. The summed E-state index contributed by atoms with van der Waals surface area (Å²) in [6.45, 7) is 1.80. The van der Waals surface area contributed by atoms with E-state index in [1.165, 1.54) is 12.1 Å². The smallest absolute Gasteiger partial charge is 0.345 e.